The second-order valence-electron chi connectivity index (χ2n) is 7.05. The van der Waals surface area contributed by atoms with Crippen molar-refractivity contribution >= 4 is 17.8 Å². The molecule has 0 bridgehead atoms. The van der Waals surface area contributed by atoms with Gasteiger partial charge in [-0.3, -0.25) is 9.91 Å². The van der Waals surface area contributed by atoms with E-state index < -0.39 is 0 Å². The Morgan fingerprint density at radius 2 is 1.55 bits per heavy atom. The molecule has 0 spiro atoms. The van der Waals surface area contributed by atoms with E-state index in [1.165, 1.54) is 5.56 Å². The Morgan fingerprint density at radius 1 is 0.828 bits per heavy atom. The van der Waals surface area contributed by atoms with Gasteiger partial charge in [-0.05, 0) is 41.5 Å². The summed E-state index contributed by atoms with van der Waals surface area (Å²) in [6.07, 6.45) is 1.90. The fourth-order valence-corrected chi connectivity index (χ4v) is 3.51. The first-order valence-electron chi connectivity index (χ1n) is 9.84. The first-order valence-corrected chi connectivity index (χ1v) is 10.2. The normalized spacial score (nSPS) is 15.0. The molecule has 0 N–H and O–H groups in total. The molecule has 0 radical (unpaired) electrons. The molecule has 1 saturated heterocycles. The van der Waals surface area contributed by atoms with Crippen LogP contribution in [0.15, 0.2) is 84.0 Å². The van der Waals surface area contributed by atoms with Crippen molar-refractivity contribution in [1.29, 1.82) is 0 Å². The number of hydrogen-bond donors (Lipinski definition) is 0. The third kappa shape index (κ3) is 5.59. The first kappa shape index (κ1) is 19.5. The van der Waals surface area contributed by atoms with Crippen LogP contribution >= 0.6 is 11.6 Å². The lowest BCUT2D eigenvalue weighted by atomic mass is 10.2. The van der Waals surface area contributed by atoms with Crippen molar-refractivity contribution in [3.05, 3.63) is 95.0 Å². The SMILES string of the molecule is Clc1ccccc1CN1CCN(/N=C/c2cccc(Oc3ccccc3)c2)CC1. The van der Waals surface area contributed by atoms with Crippen LogP contribution in [0.1, 0.15) is 11.1 Å². The molecule has 0 atom stereocenters. The number of nitrogens with zero attached hydrogens (tertiary/aromatic N) is 3. The van der Waals surface area contributed by atoms with Crippen molar-refractivity contribution in [3.8, 4) is 11.5 Å². The Morgan fingerprint density at radius 3 is 2.34 bits per heavy atom. The third-order valence-electron chi connectivity index (χ3n) is 4.91. The molecular weight excluding hydrogens is 382 g/mol. The number of para-hydroxylation sites is 1. The third-order valence-corrected chi connectivity index (χ3v) is 5.28. The summed E-state index contributed by atoms with van der Waals surface area (Å²) in [4.78, 5) is 2.42. The summed E-state index contributed by atoms with van der Waals surface area (Å²) in [5.41, 5.74) is 2.21. The maximum atomic E-state index is 6.28. The van der Waals surface area contributed by atoms with E-state index in [4.69, 9.17) is 16.3 Å². The van der Waals surface area contributed by atoms with Gasteiger partial charge < -0.3 is 4.74 Å². The van der Waals surface area contributed by atoms with Crippen molar-refractivity contribution in [2.75, 3.05) is 26.2 Å². The minimum atomic E-state index is 0.810. The summed E-state index contributed by atoms with van der Waals surface area (Å²) in [5.74, 6) is 1.64. The van der Waals surface area contributed by atoms with Crippen LogP contribution in [-0.2, 0) is 6.54 Å². The van der Waals surface area contributed by atoms with Crippen LogP contribution in [0.25, 0.3) is 0 Å². The Bertz CT molecular complexity index is 953. The predicted molar refractivity (Wildman–Crippen MR) is 119 cm³/mol. The zero-order valence-electron chi connectivity index (χ0n) is 16.2. The van der Waals surface area contributed by atoms with Gasteiger partial charge in [-0.2, -0.15) is 5.10 Å². The van der Waals surface area contributed by atoms with Crippen LogP contribution in [0.5, 0.6) is 11.5 Å². The highest BCUT2D eigenvalue weighted by atomic mass is 35.5. The number of halogens is 1. The highest BCUT2D eigenvalue weighted by molar-refractivity contribution is 6.31. The van der Waals surface area contributed by atoms with Crippen molar-refractivity contribution in [2.24, 2.45) is 5.10 Å². The lowest BCUT2D eigenvalue weighted by Crippen LogP contribution is -2.43. The maximum Gasteiger partial charge on any atom is 0.128 e. The van der Waals surface area contributed by atoms with E-state index in [9.17, 15) is 0 Å². The molecule has 1 heterocycles. The molecule has 1 fully saturated rings. The van der Waals surface area contributed by atoms with Crippen LogP contribution in [0.4, 0.5) is 0 Å². The van der Waals surface area contributed by atoms with E-state index >= 15 is 0 Å². The van der Waals surface area contributed by atoms with Crippen LogP contribution in [0, 0.1) is 0 Å². The average Bonchev–Trinajstić information content (AvgIpc) is 2.76. The minimum absolute atomic E-state index is 0.810. The molecule has 0 amide bonds. The number of ether oxygens (including phenoxy) is 1. The van der Waals surface area contributed by atoms with Gasteiger partial charge in [0, 0.05) is 37.7 Å². The molecule has 1 aliphatic rings. The van der Waals surface area contributed by atoms with E-state index in [0.29, 0.717) is 0 Å². The molecule has 0 unspecified atom stereocenters. The lowest BCUT2D eigenvalue weighted by molar-refractivity contribution is 0.131. The fourth-order valence-electron chi connectivity index (χ4n) is 3.31. The maximum absolute atomic E-state index is 6.28. The van der Waals surface area contributed by atoms with E-state index in [-0.39, 0.29) is 0 Å². The topological polar surface area (TPSA) is 28.1 Å². The minimum Gasteiger partial charge on any atom is -0.457 e. The Hall–Kier alpha value is -2.82. The number of hydrazone groups is 1. The zero-order valence-corrected chi connectivity index (χ0v) is 17.0. The molecule has 148 valence electrons. The monoisotopic (exact) mass is 405 g/mol. The highest BCUT2D eigenvalue weighted by Crippen LogP contribution is 2.21. The van der Waals surface area contributed by atoms with Crippen LogP contribution in [-0.4, -0.2) is 42.3 Å². The number of benzene rings is 3. The zero-order chi connectivity index (χ0) is 19.9. The molecular formula is C24H24ClN3O. The van der Waals surface area contributed by atoms with Gasteiger partial charge in [0.05, 0.1) is 6.21 Å². The van der Waals surface area contributed by atoms with Crippen LogP contribution < -0.4 is 4.74 Å². The van der Waals surface area contributed by atoms with Crippen LogP contribution in [0.3, 0.4) is 0 Å². The average molecular weight is 406 g/mol. The summed E-state index contributed by atoms with van der Waals surface area (Å²) in [6, 6.07) is 25.8. The molecule has 4 nitrogen and oxygen atoms in total. The summed E-state index contributed by atoms with van der Waals surface area (Å²) in [6.45, 7) is 4.64. The molecule has 4 rings (SSSR count). The largest absolute Gasteiger partial charge is 0.457 e. The van der Waals surface area contributed by atoms with E-state index in [0.717, 1.165) is 54.8 Å². The summed E-state index contributed by atoms with van der Waals surface area (Å²) in [7, 11) is 0. The molecule has 1 aliphatic heterocycles. The summed E-state index contributed by atoms with van der Waals surface area (Å²) < 4.78 is 5.90. The molecule has 0 aromatic heterocycles. The first-order chi connectivity index (χ1) is 14.3. The van der Waals surface area contributed by atoms with Gasteiger partial charge in [0.15, 0.2) is 0 Å². The molecule has 29 heavy (non-hydrogen) atoms. The summed E-state index contributed by atoms with van der Waals surface area (Å²) in [5, 5.41) is 7.62. The van der Waals surface area contributed by atoms with E-state index in [1.807, 2.05) is 79.0 Å². The molecule has 0 aliphatic carbocycles. The molecule has 5 heteroatoms. The van der Waals surface area contributed by atoms with Gasteiger partial charge in [-0.15, -0.1) is 0 Å². The lowest BCUT2D eigenvalue weighted by Gasteiger charge is -2.33. The van der Waals surface area contributed by atoms with Gasteiger partial charge >= 0.3 is 0 Å². The standard InChI is InChI=1S/C24H24ClN3O/c25-24-12-5-4-8-21(24)19-27-13-15-28(16-14-27)26-18-20-7-6-11-23(17-20)29-22-9-2-1-3-10-22/h1-12,17-18H,13-16,19H2/b26-18+. The van der Waals surface area contributed by atoms with Crippen molar-refractivity contribution in [2.45, 2.75) is 6.54 Å². The predicted octanol–water partition coefficient (Wildman–Crippen LogP) is 5.28. The van der Waals surface area contributed by atoms with Crippen molar-refractivity contribution in [3.63, 3.8) is 0 Å². The van der Waals surface area contributed by atoms with E-state index in [2.05, 4.69) is 21.1 Å². The number of rotatable bonds is 6. The molecule has 3 aromatic carbocycles. The van der Waals surface area contributed by atoms with Gasteiger partial charge in [0.1, 0.15) is 11.5 Å². The second-order valence-corrected chi connectivity index (χ2v) is 7.46. The quantitative estimate of drug-likeness (QED) is 0.522. The van der Waals surface area contributed by atoms with Gasteiger partial charge in [-0.1, -0.05) is 60.1 Å². The number of hydrogen-bond acceptors (Lipinski definition) is 4. The highest BCUT2D eigenvalue weighted by Gasteiger charge is 2.16. The smallest absolute Gasteiger partial charge is 0.128 e. The van der Waals surface area contributed by atoms with Gasteiger partial charge in [-0.25, -0.2) is 0 Å². The Kier molecular flexibility index (Phi) is 6.45. The van der Waals surface area contributed by atoms with Crippen molar-refractivity contribution < 1.29 is 4.74 Å². The second kappa shape index (κ2) is 9.59. The molecule has 3 aromatic rings. The van der Waals surface area contributed by atoms with E-state index in [1.54, 1.807) is 0 Å². The van der Waals surface area contributed by atoms with Gasteiger partial charge in [0.25, 0.3) is 0 Å². The number of piperazine rings is 1. The van der Waals surface area contributed by atoms with Crippen molar-refractivity contribution in [1.82, 2.24) is 9.91 Å². The fraction of sp³-hybridized carbons (Fsp3) is 0.208. The Labute approximate surface area is 177 Å². The van der Waals surface area contributed by atoms with Crippen LogP contribution in [0.2, 0.25) is 5.02 Å². The summed E-state index contributed by atoms with van der Waals surface area (Å²) >= 11 is 6.28. The van der Waals surface area contributed by atoms with Gasteiger partial charge in [0.2, 0.25) is 0 Å². The Balaban J connectivity index is 1.30. The molecule has 0 saturated carbocycles.